The van der Waals surface area contributed by atoms with Gasteiger partial charge in [0.05, 0.1) is 11.3 Å². The van der Waals surface area contributed by atoms with Crippen molar-refractivity contribution < 1.29 is 40.7 Å². The Labute approximate surface area is 323 Å². The number of allylic oxidation sites excluding steroid dienone is 1. The lowest BCUT2D eigenvalue weighted by Gasteiger charge is -2.40. The maximum Gasteiger partial charge on any atom is 0.434 e. The lowest BCUT2D eigenvalue weighted by Crippen LogP contribution is -2.62. The van der Waals surface area contributed by atoms with Crippen LogP contribution in [0.3, 0.4) is 0 Å². The van der Waals surface area contributed by atoms with Gasteiger partial charge in [-0.05, 0) is 64.2 Å². The van der Waals surface area contributed by atoms with Crippen molar-refractivity contribution in [3.05, 3.63) is 40.4 Å². The van der Waals surface area contributed by atoms with Crippen molar-refractivity contribution in [3.8, 4) is 39.8 Å². The smallest absolute Gasteiger partial charge is 0.434 e. The van der Waals surface area contributed by atoms with Gasteiger partial charge in [-0.25, -0.2) is 28.2 Å². The van der Waals surface area contributed by atoms with Crippen LogP contribution in [-0.2, 0) is 25.8 Å². The molecule has 0 bridgehead atoms. The molecule has 4 amide bonds. The van der Waals surface area contributed by atoms with Gasteiger partial charge in [0.15, 0.2) is 16.5 Å². The molecular formula is C35H37F3N8O6S3. The van der Waals surface area contributed by atoms with Crippen molar-refractivity contribution in [3.63, 3.8) is 0 Å². The number of rotatable bonds is 7. The number of terminal acetylenes is 1. The molecule has 2 aliphatic carbocycles. The highest BCUT2D eigenvalue weighted by Gasteiger charge is 2.63. The summed E-state index contributed by atoms with van der Waals surface area (Å²) in [6, 6.07) is -0.231. The third kappa shape index (κ3) is 7.91. The molecule has 0 radical (unpaired) electrons. The number of nitrogens with one attached hydrogen (secondary N) is 2. The third-order valence-corrected chi connectivity index (χ3v) is 14.2. The number of piperidine rings is 1. The Morgan fingerprint density at radius 1 is 1.11 bits per heavy atom. The zero-order valence-corrected chi connectivity index (χ0v) is 32.2. The second-order valence-electron chi connectivity index (χ2n) is 14.4. The predicted octanol–water partition coefficient (Wildman–Crippen LogP) is 4.60. The minimum atomic E-state index is -4.69. The number of hydrogen-bond acceptors (Lipinski definition) is 12. The second kappa shape index (κ2) is 14.5. The van der Waals surface area contributed by atoms with E-state index in [4.69, 9.17) is 11.2 Å². The van der Waals surface area contributed by atoms with Crippen LogP contribution >= 0.6 is 22.7 Å². The van der Waals surface area contributed by atoms with Gasteiger partial charge in [-0.3, -0.25) is 14.3 Å². The standard InChI is InChI=1S/C35H37F3N8O6S3/c1-4-21-18-53-28(39-21)23-15-26(42-27(40-23)29-41-25(19-54-29)35(36,37)38)52-22-10-11-24-30(47)45(3)14-8-6-5-7-9-20-16-34(20,43-32(49)46(24)17-22)31(48)44-55(50,51)33(2)12-13-33/h1,7,9,15,18-20,22,24H,5-6,8,10-14,16-17H2,2-3H3,(H,43,49)(H,44,48)/b9-7+/t20-,22-,24-,34-/m0/s1. The predicted molar refractivity (Wildman–Crippen MR) is 196 cm³/mol. The van der Waals surface area contributed by atoms with Crippen LogP contribution in [0.25, 0.3) is 21.5 Å². The number of urea groups is 1. The Kier molecular flexibility index (Phi) is 10.2. The number of likely N-dealkylation sites (N-methyl/N-ethyl adjacent to an activating group) is 1. The summed E-state index contributed by atoms with van der Waals surface area (Å²) < 4.78 is 73.9. The molecule has 3 aromatic rings. The molecule has 0 spiro atoms. The summed E-state index contributed by atoms with van der Waals surface area (Å²) >= 11 is 1.87. The molecule has 3 fully saturated rings. The first-order valence-corrected chi connectivity index (χ1v) is 20.8. The normalized spacial score (nSPS) is 26.1. The fourth-order valence-corrected chi connectivity index (χ4v) is 9.39. The molecule has 7 rings (SSSR count). The highest BCUT2D eigenvalue weighted by Crippen LogP contribution is 2.47. The average molecular weight is 819 g/mol. The fraction of sp³-hybridized carbons (Fsp3) is 0.514. The SMILES string of the molecule is C#Cc1csc(-c2cc(O[C@H]3CC[C@H]4C(=O)N(C)CCCC/C=C/[C@H]5C[C@]5(C(=O)NS(=O)(=O)C5(C)CC5)NC(=O)N4C3)nc(-c3nc(C(F)(F)F)cs3)n2)n1. The average Bonchev–Trinajstić information content (AvgIpc) is 3.87. The topological polar surface area (TPSA) is 177 Å². The van der Waals surface area contributed by atoms with Crippen molar-refractivity contribution in [2.45, 2.75) is 86.9 Å². The second-order valence-corrected chi connectivity index (χ2v) is 18.3. The monoisotopic (exact) mass is 818 g/mol. The van der Waals surface area contributed by atoms with Gasteiger partial charge in [-0.1, -0.05) is 12.2 Å². The van der Waals surface area contributed by atoms with Crippen molar-refractivity contribution in [2.24, 2.45) is 5.92 Å². The minimum Gasteiger partial charge on any atom is -0.472 e. The number of alkyl halides is 3. The number of carbonyl (C=O) groups is 3. The maximum absolute atomic E-state index is 14.3. The van der Waals surface area contributed by atoms with Crippen LogP contribution < -0.4 is 14.8 Å². The Morgan fingerprint density at radius 3 is 2.56 bits per heavy atom. The zero-order valence-electron chi connectivity index (χ0n) is 29.8. The summed E-state index contributed by atoms with van der Waals surface area (Å²) in [7, 11) is -2.35. The molecule has 14 nitrogen and oxygen atoms in total. The van der Waals surface area contributed by atoms with E-state index in [0.29, 0.717) is 54.3 Å². The van der Waals surface area contributed by atoms with Gasteiger partial charge in [0.25, 0.3) is 5.91 Å². The highest BCUT2D eigenvalue weighted by molar-refractivity contribution is 7.91. The van der Waals surface area contributed by atoms with E-state index in [0.717, 1.165) is 23.1 Å². The number of amides is 4. The molecule has 2 N–H and O–H groups in total. The van der Waals surface area contributed by atoms with Crippen molar-refractivity contribution >= 4 is 50.5 Å². The molecule has 2 saturated carbocycles. The van der Waals surface area contributed by atoms with Gasteiger partial charge in [0, 0.05) is 36.3 Å². The zero-order chi connectivity index (χ0) is 39.3. The molecule has 20 heteroatoms. The number of sulfonamides is 1. The van der Waals surface area contributed by atoms with Gasteiger partial charge in [-0.15, -0.1) is 29.1 Å². The van der Waals surface area contributed by atoms with Gasteiger partial charge in [0.2, 0.25) is 21.8 Å². The third-order valence-electron chi connectivity index (χ3n) is 10.4. The highest BCUT2D eigenvalue weighted by atomic mass is 32.2. The van der Waals surface area contributed by atoms with E-state index in [1.54, 1.807) is 24.3 Å². The molecule has 4 atom stereocenters. The Balaban J connectivity index is 1.18. The number of ether oxygens (including phenoxy) is 1. The summed E-state index contributed by atoms with van der Waals surface area (Å²) in [6.07, 6.45) is 7.36. The van der Waals surface area contributed by atoms with Gasteiger partial charge >= 0.3 is 12.2 Å². The molecule has 3 aromatic heterocycles. The van der Waals surface area contributed by atoms with Gasteiger partial charge in [0.1, 0.15) is 34.1 Å². The number of halogens is 3. The first kappa shape index (κ1) is 38.7. The Hall–Kier alpha value is -4.61. The van der Waals surface area contributed by atoms with Gasteiger partial charge in [-0.2, -0.15) is 18.2 Å². The summed E-state index contributed by atoms with van der Waals surface area (Å²) in [6.45, 7) is 1.87. The van der Waals surface area contributed by atoms with Gasteiger partial charge < -0.3 is 19.9 Å². The number of hydrogen-bond donors (Lipinski definition) is 2. The molecule has 5 heterocycles. The lowest BCUT2D eigenvalue weighted by molar-refractivity contribution is -0.140. The largest absolute Gasteiger partial charge is 0.472 e. The number of thiazole rings is 2. The maximum atomic E-state index is 14.3. The minimum absolute atomic E-state index is 0.0439. The summed E-state index contributed by atoms with van der Waals surface area (Å²) in [5.41, 5.74) is -2.12. The van der Waals surface area contributed by atoms with E-state index in [1.165, 1.54) is 11.0 Å². The van der Waals surface area contributed by atoms with Crippen LogP contribution in [-0.4, -0.2) is 98.6 Å². The first-order chi connectivity index (χ1) is 26.0. The summed E-state index contributed by atoms with van der Waals surface area (Å²) in [4.78, 5) is 61.5. The molecule has 0 unspecified atom stereocenters. The van der Waals surface area contributed by atoms with Crippen LogP contribution in [0.2, 0.25) is 0 Å². The number of nitrogens with zero attached hydrogens (tertiary/aromatic N) is 6. The van der Waals surface area contributed by atoms with Crippen LogP contribution in [0.4, 0.5) is 18.0 Å². The van der Waals surface area contributed by atoms with Crippen molar-refractivity contribution in [2.75, 3.05) is 20.1 Å². The molecule has 2 aliphatic heterocycles. The summed E-state index contributed by atoms with van der Waals surface area (Å²) in [5.74, 6) is 0.611. The molecule has 0 aromatic carbocycles. The van der Waals surface area contributed by atoms with E-state index >= 15 is 0 Å². The lowest BCUT2D eigenvalue weighted by atomic mass is 9.98. The fourth-order valence-electron chi connectivity index (χ4n) is 6.60. The number of aromatic nitrogens is 4. The molecular weight excluding hydrogens is 782 g/mol. The van der Waals surface area contributed by atoms with E-state index in [-0.39, 0.29) is 54.1 Å². The molecule has 4 aliphatic rings. The van der Waals surface area contributed by atoms with Crippen LogP contribution in [0.1, 0.15) is 69.7 Å². The van der Waals surface area contributed by atoms with Crippen LogP contribution in [0.5, 0.6) is 5.88 Å². The van der Waals surface area contributed by atoms with Crippen LogP contribution in [0, 0.1) is 18.3 Å². The van der Waals surface area contributed by atoms with E-state index in [1.807, 2.05) is 12.2 Å². The Morgan fingerprint density at radius 2 is 1.87 bits per heavy atom. The van der Waals surface area contributed by atoms with Crippen molar-refractivity contribution in [1.82, 2.24) is 39.8 Å². The van der Waals surface area contributed by atoms with E-state index in [2.05, 4.69) is 35.9 Å². The molecule has 1 saturated heterocycles. The number of carbonyl (C=O) groups excluding carboxylic acids is 3. The molecule has 55 heavy (non-hydrogen) atoms. The number of fused-ring (bicyclic) bond motifs is 2. The first-order valence-electron chi connectivity index (χ1n) is 17.6. The molecule has 292 valence electrons. The quantitative estimate of drug-likeness (QED) is 0.253. The summed E-state index contributed by atoms with van der Waals surface area (Å²) in [5, 5.41) is 5.52. The Bertz CT molecular complexity index is 2200. The van der Waals surface area contributed by atoms with Crippen molar-refractivity contribution in [1.29, 1.82) is 0 Å². The van der Waals surface area contributed by atoms with E-state index < -0.39 is 62.2 Å². The van der Waals surface area contributed by atoms with E-state index in [9.17, 15) is 36.0 Å². The van der Waals surface area contributed by atoms with Crippen LogP contribution in [0.15, 0.2) is 29.0 Å².